The maximum absolute atomic E-state index is 4.80. The third-order valence-electron chi connectivity index (χ3n) is 4.31. The molecule has 0 aromatic carbocycles. The van der Waals surface area contributed by atoms with Crippen LogP contribution in [0, 0.1) is 0 Å². The summed E-state index contributed by atoms with van der Waals surface area (Å²) in [6.07, 6.45) is 3.92. The molecule has 23 heavy (non-hydrogen) atoms. The fraction of sp³-hybridized carbons (Fsp3) is 0.722. The summed E-state index contributed by atoms with van der Waals surface area (Å²) in [7, 11) is 0. The van der Waals surface area contributed by atoms with Crippen molar-refractivity contribution in [1.29, 1.82) is 0 Å². The van der Waals surface area contributed by atoms with E-state index in [1.165, 1.54) is 43.8 Å². The van der Waals surface area contributed by atoms with E-state index in [0.29, 0.717) is 0 Å². The van der Waals surface area contributed by atoms with Gasteiger partial charge in [0.2, 0.25) is 0 Å². The molecule has 1 aromatic rings. The fourth-order valence-electron chi connectivity index (χ4n) is 2.88. The van der Waals surface area contributed by atoms with Gasteiger partial charge in [-0.15, -0.1) is 11.3 Å². The van der Waals surface area contributed by atoms with E-state index in [2.05, 4.69) is 53.8 Å². The van der Waals surface area contributed by atoms with E-state index in [0.717, 1.165) is 25.6 Å². The molecule has 0 amide bonds. The lowest BCUT2D eigenvalue weighted by atomic mass is 9.92. The molecule has 1 aliphatic heterocycles. The molecule has 0 saturated carbocycles. The number of nitrogens with one attached hydrogen (secondary N) is 2. The molecule has 0 unspecified atom stereocenters. The molecule has 2 rings (SSSR count). The minimum Gasteiger partial charge on any atom is -0.357 e. The third-order valence-corrected chi connectivity index (χ3v) is 5.54. The summed E-state index contributed by atoms with van der Waals surface area (Å²) in [6.45, 7) is 13.1. The minimum absolute atomic E-state index is 0.0894. The SMILES string of the molecule is CCNC(=NCC(C)(C)c1cccs1)NCCCN1CCCC1. The summed E-state index contributed by atoms with van der Waals surface area (Å²) in [4.78, 5) is 8.75. The van der Waals surface area contributed by atoms with Crippen molar-refractivity contribution in [3.63, 3.8) is 0 Å². The zero-order chi connectivity index (χ0) is 16.5. The minimum atomic E-state index is 0.0894. The van der Waals surface area contributed by atoms with Gasteiger partial charge in [-0.1, -0.05) is 19.9 Å². The predicted octanol–water partition coefficient (Wildman–Crippen LogP) is 3.07. The van der Waals surface area contributed by atoms with Crippen LogP contribution < -0.4 is 10.6 Å². The van der Waals surface area contributed by atoms with Gasteiger partial charge in [-0.3, -0.25) is 4.99 Å². The Bertz CT molecular complexity index is 461. The van der Waals surface area contributed by atoms with E-state index in [1.807, 2.05) is 11.3 Å². The van der Waals surface area contributed by atoms with Crippen molar-refractivity contribution in [2.24, 2.45) is 4.99 Å². The zero-order valence-corrected chi connectivity index (χ0v) is 15.7. The first-order valence-electron chi connectivity index (χ1n) is 8.90. The van der Waals surface area contributed by atoms with E-state index in [-0.39, 0.29) is 5.41 Å². The van der Waals surface area contributed by atoms with Gasteiger partial charge in [0.05, 0.1) is 6.54 Å². The average molecular weight is 337 g/mol. The van der Waals surface area contributed by atoms with Crippen molar-refractivity contribution in [3.05, 3.63) is 22.4 Å². The molecule has 130 valence electrons. The van der Waals surface area contributed by atoms with E-state index in [9.17, 15) is 0 Å². The molecule has 4 nitrogen and oxygen atoms in total. The number of hydrogen-bond donors (Lipinski definition) is 2. The van der Waals surface area contributed by atoms with Crippen LogP contribution in [0.15, 0.2) is 22.5 Å². The quantitative estimate of drug-likeness (QED) is 0.435. The summed E-state index contributed by atoms with van der Waals surface area (Å²) in [5.74, 6) is 0.943. The van der Waals surface area contributed by atoms with Crippen LogP contribution in [0.3, 0.4) is 0 Å². The molecule has 0 aliphatic carbocycles. The third kappa shape index (κ3) is 6.15. The standard InChI is InChI=1S/C18H32N4S/c1-4-19-17(20-10-8-13-22-11-5-6-12-22)21-15-18(2,3)16-9-7-14-23-16/h7,9,14H,4-6,8,10-13,15H2,1-3H3,(H2,19,20,21). The van der Waals surface area contributed by atoms with Crippen molar-refractivity contribution in [2.45, 2.75) is 45.4 Å². The Labute approximate surface area is 145 Å². The maximum atomic E-state index is 4.80. The van der Waals surface area contributed by atoms with Crippen LogP contribution in [0.2, 0.25) is 0 Å². The van der Waals surface area contributed by atoms with Gasteiger partial charge in [-0.25, -0.2) is 0 Å². The summed E-state index contributed by atoms with van der Waals surface area (Å²) >= 11 is 1.81. The van der Waals surface area contributed by atoms with Crippen molar-refractivity contribution in [1.82, 2.24) is 15.5 Å². The Morgan fingerprint density at radius 1 is 1.30 bits per heavy atom. The molecule has 0 spiro atoms. The Kier molecular flexibility index (Phi) is 7.37. The van der Waals surface area contributed by atoms with Gasteiger partial charge in [0.15, 0.2) is 5.96 Å². The molecular formula is C18H32N4S. The van der Waals surface area contributed by atoms with E-state index >= 15 is 0 Å². The maximum Gasteiger partial charge on any atom is 0.191 e. The molecule has 0 radical (unpaired) electrons. The largest absolute Gasteiger partial charge is 0.357 e. The molecule has 0 bridgehead atoms. The lowest BCUT2D eigenvalue weighted by molar-refractivity contribution is 0.334. The summed E-state index contributed by atoms with van der Waals surface area (Å²) in [5, 5.41) is 8.98. The first-order valence-corrected chi connectivity index (χ1v) is 9.78. The van der Waals surface area contributed by atoms with Gasteiger partial charge in [-0.2, -0.15) is 0 Å². The second-order valence-electron chi connectivity index (χ2n) is 6.89. The van der Waals surface area contributed by atoms with Crippen LogP contribution in [0.4, 0.5) is 0 Å². The van der Waals surface area contributed by atoms with E-state index in [4.69, 9.17) is 4.99 Å². The number of nitrogens with zero attached hydrogens (tertiary/aromatic N) is 2. The number of guanidine groups is 1. The van der Waals surface area contributed by atoms with E-state index in [1.54, 1.807) is 0 Å². The van der Waals surface area contributed by atoms with Gasteiger partial charge in [-0.05, 0) is 57.3 Å². The highest BCUT2D eigenvalue weighted by molar-refractivity contribution is 7.10. The number of rotatable bonds is 8. The topological polar surface area (TPSA) is 39.7 Å². The number of likely N-dealkylation sites (tertiary alicyclic amines) is 1. The molecule has 1 fully saturated rings. The van der Waals surface area contributed by atoms with E-state index < -0.39 is 0 Å². The van der Waals surface area contributed by atoms with Crippen molar-refractivity contribution >= 4 is 17.3 Å². The summed E-state index contributed by atoms with van der Waals surface area (Å²) in [6, 6.07) is 4.32. The van der Waals surface area contributed by atoms with Gasteiger partial charge in [0, 0.05) is 23.4 Å². The van der Waals surface area contributed by atoms with Crippen LogP contribution in [0.25, 0.3) is 0 Å². The van der Waals surface area contributed by atoms with Gasteiger partial charge in [0.1, 0.15) is 0 Å². The Morgan fingerprint density at radius 3 is 2.74 bits per heavy atom. The normalized spacial score (nSPS) is 16.7. The zero-order valence-electron chi connectivity index (χ0n) is 14.9. The van der Waals surface area contributed by atoms with Crippen molar-refractivity contribution in [2.75, 3.05) is 39.3 Å². The number of aliphatic imine (C=N–C) groups is 1. The molecular weight excluding hydrogens is 304 g/mol. The van der Waals surface area contributed by atoms with Crippen molar-refractivity contribution in [3.8, 4) is 0 Å². The van der Waals surface area contributed by atoms with Gasteiger partial charge >= 0.3 is 0 Å². The Balaban J connectivity index is 1.77. The fourth-order valence-corrected chi connectivity index (χ4v) is 3.72. The molecule has 1 aliphatic rings. The molecule has 1 saturated heterocycles. The van der Waals surface area contributed by atoms with Crippen LogP contribution in [0.1, 0.15) is 44.9 Å². The van der Waals surface area contributed by atoms with Crippen LogP contribution in [-0.4, -0.2) is 50.1 Å². The summed E-state index contributed by atoms with van der Waals surface area (Å²) in [5.41, 5.74) is 0.0894. The van der Waals surface area contributed by atoms with Crippen LogP contribution in [-0.2, 0) is 5.41 Å². The van der Waals surface area contributed by atoms with Gasteiger partial charge in [0.25, 0.3) is 0 Å². The first-order chi connectivity index (χ1) is 11.1. The number of hydrogen-bond acceptors (Lipinski definition) is 3. The molecule has 2 N–H and O–H groups in total. The average Bonchev–Trinajstić information content (AvgIpc) is 3.22. The lowest BCUT2D eigenvalue weighted by Crippen LogP contribution is -2.39. The lowest BCUT2D eigenvalue weighted by Gasteiger charge is -2.22. The van der Waals surface area contributed by atoms with Gasteiger partial charge < -0.3 is 15.5 Å². The predicted molar refractivity (Wildman–Crippen MR) is 102 cm³/mol. The summed E-state index contributed by atoms with van der Waals surface area (Å²) < 4.78 is 0. The second kappa shape index (κ2) is 9.28. The second-order valence-corrected chi connectivity index (χ2v) is 7.83. The highest BCUT2D eigenvalue weighted by Crippen LogP contribution is 2.27. The highest BCUT2D eigenvalue weighted by Gasteiger charge is 2.21. The van der Waals surface area contributed by atoms with Crippen LogP contribution >= 0.6 is 11.3 Å². The Hall–Kier alpha value is -1.07. The Morgan fingerprint density at radius 2 is 2.09 bits per heavy atom. The van der Waals surface area contributed by atoms with Crippen molar-refractivity contribution < 1.29 is 0 Å². The molecule has 5 heteroatoms. The van der Waals surface area contributed by atoms with Crippen LogP contribution in [0.5, 0.6) is 0 Å². The molecule has 2 heterocycles. The molecule has 0 atom stereocenters. The molecule has 1 aromatic heterocycles. The smallest absolute Gasteiger partial charge is 0.191 e. The first kappa shape index (κ1) is 18.3. The highest BCUT2D eigenvalue weighted by atomic mass is 32.1. The number of thiophene rings is 1. The monoisotopic (exact) mass is 336 g/mol.